The van der Waals surface area contributed by atoms with E-state index < -0.39 is 5.91 Å². The zero-order valence-corrected chi connectivity index (χ0v) is 11.7. The average Bonchev–Trinajstić information content (AvgIpc) is 2.75. The molecule has 0 spiro atoms. The Kier molecular flexibility index (Phi) is 3.62. The van der Waals surface area contributed by atoms with Gasteiger partial charge in [0.15, 0.2) is 11.6 Å². The fraction of sp³-hybridized carbons (Fsp3) is 0.333. The molecular formula is C15H15N3O4. The minimum Gasteiger partial charge on any atom is -0.504 e. The Hall–Kier alpha value is -2.70. The first-order valence-corrected chi connectivity index (χ1v) is 7.02. The Morgan fingerprint density at radius 2 is 1.91 bits per heavy atom. The molecule has 7 nitrogen and oxygen atoms in total. The van der Waals surface area contributed by atoms with Crippen molar-refractivity contribution in [1.82, 2.24) is 9.88 Å². The highest BCUT2D eigenvalue weighted by atomic mass is 16.3. The number of aromatic hydroxyl groups is 1. The zero-order chi connectivity index (χ0) is 15.7. The van der Waals surface area contributed by atoms with Crippen molar-refractivity contribution < 1.29 is 19.5 Å². The van der Waals surface area contributed by atoms with Crippen LogP contribution in [-0.2, 0) is 14.4 Å². The first-order chi connectivity index (χ1) is 10.6. The predicted octanol–water partition coefficient (Wildman–Crippen LogP) is 0.677. The van der Waals surface area contributed by atoms with E-state index in [9.17, 15) is 19.5 Å². The Labute approximate surface area is 126 Å². The third kappa shape index (κ3) is 2.45. The molecule has 1 fully saturated rings. The van der Waals surface area contributed by atoms with Crippen LogP contribution in [-0.4, -0.2) is 39.3 Å². The molecule has 2 N–H and O–H groups in total. The van der Waals surface area contributed by atoms with Gasteiger partial charge in [0, 0.05) is 6.20 Å². The molecule has 2 aliphatic rings. The molecule has 0 unspecified atom stereocenters. The van der Waals surface area contributed by atoms with Crippen molar-refractivity contribution in [2.24, 2.45) is 11.8 Å². The van der Waals surface area contributed by atoms with Crippen LogP contribution in [0, 0.1) is 11.8 Å². The summed E-state index contributed by atoms with van der Waals surface area (Å²) in [6.45, 7) is -0.360. The predicted molar refractivity (Wildman–Crippen MR) is 76.6 cm³/mol. The van der Waals surface area contributed by atoms with Crippen LogP contribution in [0.15, 0.2) is 30.5 Å². The number of pyridine rings is 1. The number of carbonyl (C=O) groups is 3. The van der Waals surface area contributed by atoms with Gasteiger partial charge in [-0.05, 0) is 25.0 Å². The van der Waals surface area contributed by atoms with Crippen LogP contribution in [0.25, 0.3) is 0 Å². The molecule has 1 aromatic heterocycles. The summed E-state index contributed by atoms with van der Waals surface area (Å²) >= 11 is 0. The first-order valence-electron chi connectivity index (χ1n) is 7.02. The van der Waals surface area contributed by atoms with E-state index in [1.54, 1.807) is 0 Å². The van der Waals surface area contributed by atoms with Gasteiger partial charge in [0.2, 0.25) is 17.7 Å². The molecule has 0 saturated carbocycles. The fourth-order valence-corrected chi connectivity index (χ4v) is 2.83. The number of aromatic nitrogens is 1. The Morgan fingerprint density at radius 3 is 2.50 bits per heavy atom. The minimum atomic E-state index is -0.567. The molecule has 114 valence electrons. The van der Waals surface area contributed by atoms with Gasteiger partial charge in [0.1, 0.15) is 6.54 Å². The highest BCUT2D eigenvalue weighted by molar-refractivity contribution is 6.08. The lowest BCUT2D eigenvalue weighted by atomic mass is 9.85. The Bertz CT molecular complexity index is 645. The summed E-state index contributed by atoms with van der Waals surface area (Å²) in [7, 11) is 0. The molecule has 7 heteroatoms. The van der Waals surface area contributed by atoms with E-state index in [-0.39, 0.29) is 41.8 Å². The number of hydrogen-bond donors (Lipinski definition) is 2. The van der Waals surface area contributed by atoms with Gasteiger partial charge in [-0.25, -0.2) is 4.98 Å². The number of imide groups is 1. The maximum absolute atomic E-state index is 12.2. The lowest BCUT2D eigenvalue weighted by Gasteiger charge is -2.14. The molecule has 1 aliphatic carbocycles. The number of hydrogen-bond acceptors (Lipinski definition) is 5. The van der Waals surface area contributed by atoms with Gasteiger partial charge in [0.05, 0.1) is 11.8 Å². The topological polar surface area (TPSA) is 99.6 Å². The van der Waals surface area contributed by atoms with Crippen molar-refractivity contribution in [1.29, 1.82) is 0 Å². The number of likely N-dealkylation sites (tertiary alicyclic amines) is 1. The number of carbonyl (C=O) groups excluding carboxylic acids is 3. The SMILES string of the molecule is O=C(CN1C(=O)[C@@H]2CC=CC[C@H]2C1=O)Nc1ncccc1O. The van der Waals surface area contributed by atoms with E-state index in [4.69, 9.17) is 0 Å². The molecule has 1 aromatic rings. The van der Waals surface area contributed by atoms with Gasteiger partial charge in [-0.15, -0.1) is 0 Å². The van der Waals surface area contributed by atoms with Crippen molar-refractivity contribution in [2.45, 2.75) is 12.8 Å². The number of anilines is 1. The molecule has 1 aliphatic heterocycles. The van der Waals surface area contributed by atoms with Crippen molar-refractivity contribution in [2.75, 3.05) is 11.9 Å². The molecule has 0 bridgehead atoms. The number of fused-ring (bicyclic) bond motifs is 1. The number of allylic oxidation sites excluding steroid dienone is 2. The van der Waals surface area contributed by atoms with Crippen molar-refractivity contribution in [3.05, 3.63) is 30.5 Å². The number of amides is 3. The van der Waals surface area contributed by atoms with Crippen molar-refractivity contribution in [3.63, 3.8) is 0 Å². The fourth-order valence-electron chi connectivity index (χ4n) is 2.83. The second-order valence-corrected chi connectivity index (χ2v) is 5.34. The summed E-state index contributed by atoms with van der Waals surface area (Å²) in [6.07, 6.45) is 6.27. The van der Waals surface area contributed by atoms with Gasteiger partial charge in [-0.1, -0.05) is 12.2 Å². The van der Waals surface area contributed by atoms with Gasteiger partial charge in [-0.3, -0.25) is 19.3 Å². The van der Waals surface area contributed by atoms with Crippen LogP contribution in [0.3, 0.4) is 0 Å². The van der Waals surface area contributed by atoms with Gasteiger partial charge < -0.3 is 10.4 Å². The molecule has 3 amide bonds. The van der Waals surface area contributed by atoms with E-state index >= 15 is 0 Å². The van der Waals surface area contributed by atoms with Crippen LogP contribution in [0.2, 0.25) is 0 Å². The van der Waals surface area contributed by atoms with Crippen molar-refractivity contribution in [3.8, 4) is 5.75 Å². The maximum Gasteiger partial charge on any atom is 0.245 e. The van der Waals surface area contributed by atoms with Crippen LogP contribution in [0.4, 0.5) is 5.82 Å². The second-order valence-electron chi connectivity index (χ2n) is 5.34. The van der Waals surface area contributed by atoms with Crippen LogP contribution >= 0.6 is 0 Å². The molecule has 2 atom stereocenters. The normalized spacial score (nSPS) is 23.5. The van der Waals surface area contributed by atoms with Gasteiger partial charge in [-0.2, -0.15) is 0 Å². The number of rotatable bonds is 3. The number of nitrogens with one attached hydrogen (secondary N) is 1. The second kappa shape index (κ2) is 5.59. The summed E-state index contributed by atoms with van der Waals surface area (Å²) in [4.78, 5) is 41.3. The minimum absolute atomic E-state index is 0.00526. The standard InChI is InChI=1S/C15H15N3O4/c19-11-6-3-7-16-13(11)17-12(20)8-18-14(21)9-4-1-2-5-10(9)15(18)22/h1-3,6-7,9-10,19H,4-5,8H2,(H,16,17,20)/t9-,10-/m1/s1. The summed E-state index contributed by atoms with van der Waals surface area (Å²) in [5.41, 5.74) is 0. The lowest BCUT2D eigenvalue weighted by Crippen LogP contribution is -2.38. The van der Waals surface area contributed by atoms with Crippen molar-refractivity contribution >= 4 is 23.5 Å². The molecule has 2 heterocycles. The van der Waals surface area contributed by atoms with Gasteiger partial charge in [0.25, 0.3) is 0 Å². The molecule has 0 radical (unpaired) electrons. The number of nitrogens with zero attached hydrogens (tertiary/aromatic N) is 2. The largest absolute Gasteiger partial charge is 0.504 e. The van der Waals surface area contributed by atoms with Gasteiger partial charge >= 0.3 is 0 Å². The Balaban J connectivity index is 1.68. The third-order valence-electron chi connectivity index (χ3n) is 3.94. The summed E-state index contributed by atoms with van der Waals surface area (Å²) < 4.78 is 0. The summed E-state index contributed by atoms with van der Waals surface area (Å²) in [5, 5.41) is 12.0. The maximum atomic E-state index is 12.2. The highest BCUT2D eigenvalue weighted by Gasteiger charge is 2.47. The molecule has 22 heavy (non-hydrogen) atoms. The van der Waals surface area contributed by atoms with E-state index in [1.807, 2.05) is 12.2 Å². The zero-order valence-electron chi connectivity index (χ0n) is 11.7. The van der Waals surface area contributed by atoms with Crippen LogP contribution in [0.5, 0.6) is 5.75 Å². The molecule has 1 saturated heterocycles. The smallest absolute Gasteiger partial charge is 0.245 e. The Morgan fingerprint density at radius 1 is 1.27 bits per heavy atom. The monoisotopic (exact) mass is 301 g/mol. The first kappa shape index (κ1) is 14.2. The summed E-state index contributed by atoms with van der Waals surface area (Å²) in [6, 6.07) is 2.91. The van der Waals surface area contributed by atoms with E-state index in [0.717, 1.165) is 4.90 Å². The molecule has 3 rings (SSSR count). The molecule has 0 aromatic carbocycles. The van der Waals surface area contributed by atoms with Crippen LogP contribution in [0.1, 0.15) is 12.8 Å². The van der Waals surface area contributed by atoms with Crippen LogP contribution < -0.4 is 5.32 Å². The quantitative estimate of drug-likeness (QED) is 0.631. The van der Waals surface area contributed by atoms with E-state index in [2.05, 4.69) is 10.3 Å². The average molecular weight is 301 g/mol. The van der Waals surface area contributed by atoms with E-state index in [1.165, 1.54) is 18.3 Å². The lowest BCUT2D eigenvalue weighted by molar-refractivity contribution is -0.142. The highest BCUT2D eigenvalue weighted by Crippen LogP contribution is 2.34. The summed E-state index contributed by atoms with van der Waals surface area (Å²) in [5.74, 6) is -2.05. The third-order valence-corrected chi connectivity index (χ3v) is 3.94. The van der Waals surface area contributed by atoms with E-state index in [0.29, 0.717) is 12.8 Å². The molecular weight excluding hydrogens is 286 g/mol.